The van der Waals surface area contributed by atoms with Gasteiger partial charge in [0.1, 0.15) is 0 Å². The smallest absolute Gasteiger partial charge is 0.250 e. The van der Waals surface area contributed by atoms with E-state index in [-0.39, 0.29) is 22.8 Å². The topological polar surface area (TPSA) is 79.9 Å². The van der Waals surface area contributed by atoms with Crippen LogP contribution in [-0.4, -0.2) is 18.7 Å². The minimum absolute atomic E-state index is 0.0987. The van der Waals surface area contributed by atoms with E-state index in [1.165, 1.54) is 34.9 Å². The Hall–Kier alpha value is -2.39. The van der Waals surface area contributed by atoms with Crippen LogP contribution in [0.15, 0.2) is 52.3 Å². The van der Waals surface area contributed by atoms with Gasteiger partial charge in [0.25, 0.3) is 5.56 Å². The van der Waals surface area contributed by atoms with Gasteiger partial charge in [-0.2, -0.15) is 5.26 Å². The molecule has 21 heavy (non-hydrogen) atoms. The van der Waals surface area contributed by atoms with Crippen molar-refractivity contribution in [3.05, 3.63) is 64.1 Å². The predicted octanol–water partition coefficient (Wildman–Crippen LogP) is 1.50. The lowest BCUT2D eigenvalue weighted by molar-refractivity contribution is 0.587. The van der Waals surface area contributed by atoms with E-state index in [0.29, 0.717) is 5.56 Å². The van der Waals surface area contributed by atoms with Gasteiger partial charge >= 0.3 is 0 Å². The van der Waals surface area contributed by atoms with E-state index in [4.69, 9.17) is 5.26 Å². The van der Waals surface area contributed by atoms with Gasteiger partial charge in [0.05, 0.1) is 22.3 Å². The summed E-state index contributed by atoms with van der Waals surface area (Å²) in [6.45, 7) is 1.90. The molecule has 0 radical (unpaired) electrons. The highest BCUT2D eigenvalue weighted by molar-refractivity contribution is 7.91. The quantitative estimate of drug-likeness (QED) is 0.857. The molecule has 0 fully saturated rings. The lowest BCUT2D eigenvalue weighted by Crippen LogP contribution is -2.23. The molecule has 0 N–H and O–H groups in total. The highest BCUT2D eigenvalue weighted by atomic mass is 32.2. The summed E-state index contributed by atoms with van der Waals surface area (Å²) < 4.78 is 25.7. The normalized spacial score (nSPS) is 11.0. The largest absolute Gasteiger partial charge is 0.314 e. The van der Waals surface area contributed by atoms with E-state index in [1.807, 2.05) is 6.07 Å². The first-order valence-electron chi connectivity index (χ1n) is 6.32. The molecule has 1 aromatic carbocycles. The van der Waals surface area contributed by atoms with Gasteiger partial charge in [0, 0.05) is 18.8 Å². The summed E-state index contributed by atoms with van der Waals surface area (Å²) in [6.07, 6.45) is 1.59. The lowest BCUT2D eigenvalue weighted by atomic mass is 10.2. The van der Waals surface area contributed by atoms with Gasteiger partial charge in [0.15, 0.2) is 9.84 Å². The second-order valence-corrected chi connectivity index (χ2v) is 6.80. The Morgan fingerprint density at radius 1 is 1.19 bits per heavy atom. The van der Waals surface area contributed by atoms with Gasteiger partial charge in [-0.1, -0.05) is 0 Å². The molecule has 2 aromatic rings. The first kappa shape index (κ1) is 15.0. The highest BCUT2D eigenvalue weighted by Crippen LogP contribution is 2.12. The molecule has 0 saturated heterocycles. The van der Waals surface area contributed by atoms with Gasteiger partial charge in [0.2, 0.25) is 0 Å². The van der Waals surface area contributed by atoms with Crippen LogP contribution < -0.4 is 5.56 Å². The fraction of sp³-hybridized carbons (Fsp3) is 0.200. The standard InChI is InChI=1S/C15H14N2O3S/c1-12-6-7-17(15(18)10-12)8-9-21(19,20)14-4-2-13(11-16)3-5-14/h2-7,10H,8-9H2,1H3. The van der Waals surface area contributed by atoms with Gasteiger partial charge < -0.3 is 4.57 Å². The third kappa shape index (κ3) is 3.58. The van der Waals surface area contributed by atoms with Crippen LogP contribution >= 0.6 is 0 Å². The number of nitriles is 1. The van der Waals surface area contributed by atoms with Crippen LogP contribution in [0.3, 0.4) is 0 Å². The molecule has 0 unspecified atom stereocenters. The summed E-state index contributed by atoms with van der Waals surface area (Å²) in [7, 11) is -3.48. The number of nitrogens with zero attached hydrogens (tertiary/aromatic N) is 2. The molecular weight excluding hydrogens is 288 g/mol. The molecule has 1 aromatic heterocycles. The molecular formula is C15H14N2O3S. The average Bonchev–Trinajstić information content (AvgIpc) is 2.46. The Bertz CT molecular complexity index is 844. The SMILES string of the molecule is Cc1ccn(CCS(=O)(=O)c2ccc(C#N)cc2)c(=O)c1. The number of hydrogen-bond acceptors (Lipinski definition) is 4. The van der Waals surface area contributed by atoms with Crippen molar-refractivity contribution in [2.45, 2.75) is 18.4 Å². The molecule has 0 saturated carbocycles. The van der Waals surface area contributed by atoms with E-state index >= 15 is 0 Å². The molecule has 108 valence electrons. The molecule has 5 nitrogen and oxygen atoms in total. The average molecular weight is 302 g/mol. The van der Waals surface area contributed by atoms with Crippen molar-refractivity contribution >= 4 is 9.84 Å². The van der Waals surface area contributed by atoms with Crippen molar-refractivity contribution < 1.29 is 8.42 Å². The zero-order valence-electron chi connectivity index (χ0n) is 11.5. The van der Waals surface area contributed by atoms with Gasteiger partial charge in [-0.3, -0.25) is 4.79 Å². The monoisotopic (exact) mass is 302 g/mol. The maximum Gasteiger partial charge on any atom is 0.250 e. The zero-order valence-corrected chi connectivity index (χ0v) is 12.3. The number of benzene rings is 1. The molecule has 1 heterocycles. The number of hydrogen-bond donors (Lipinski definition) is 0. The minimum atomic E-state index is -3.48. The fourth-order valence-corrected chi connectivity index (χ4v) is 3.09. The first-order chi connectivity index (χ1) is 9.92. The summed E-state index contributed by atoms with van der Waals surface area (Å²) in [6, 6.07) is 10.9. The summed E-state index contributed by atoms with van der Waals surface area (Å²) in [4.78, 5) is 11.9. The molecule has 0 aliphatic rings. The fourth-order valence-electron chi connectivity index (χ4n) is 1.86. The van der Waals surface area contributed by atoms with Crippen molar-refractivity contribution in [1.82, 2.24) is 4.57 Å². The van der Waals surface area contributed by atoms with Crippen molar-refractivity contribution in [2.24, 2.45) is 0 Å². The summed E-state index contributed by atoms with van der Waals surface area (Å²) >= 11 is 0. The summed E-state index contributed by atoms with van der Waals surface area (Å²) in [5, 5.41) is 8.70. The van der Waals surface area contributed by atoms with Crippen molar-refractivity contribution in [2.75, 3.05) is 5.75 Å². The van der Waals surface area contributed by atoms with Crippen LogP contribution in [0.25, 0.3) is 0 Å². The number of sulfone groups is 1. The number of aromatic nitrogens is 1. The molecule has 6 heteroatoms. The second-order valence-electron chi connectivity index (χ2n) is 4.69. The van der Waals surface area contributed by atoms with E-state index in [9.17, 15) is 13.2 Å². The zero-order chi connectivity index (χ0) is 15.5. The van der Waals surface area contributed by atoms with E-state index in [0.717, 1.165) is 5.56 Å². The molecule has 0 bridgehead atoms. The third-order valence-electron chi connectivity index (χ3n) is 3.10. The summed E-state index contributed by atoms with van der Waals surface area (Å²) in [5.74, 6) is -0.165. The van der Waals surface area contributed by atoms with Crippen molar-refractivity contribution in [3.63, 3.8) is 0 Å². The molecule has 0 amide bonds. The van der Waals surface area contributed by atoms with Crippen LogP contribution in [-0.2, 0) is 16.4 Å². The van der Waals surface area contributed by atoms with Crippen molar-refractivity contribution in [3.8, 4) is 6.07 Å². The summed E-state index contributed by atoms with van der Waals surface area (Å²) in [5.41, 5.74) is 1.03. The van der Waals surface area contributed by atoms with Gasteiger partial charge in [-0.25, -0.2) is 8.42 Å². The second kappa shape index (κ2) is 5.94. The molecule has 0 atom stereocenters. The van der Waals surface area contributed by atoms with E-state index in [1.54, 1.807) is 19.2 Å². The van der Waals surface area contributed by atoms with Gasteiger partial charge in [-0.15, -0.1) is 0 Å². The highest BCUT2D eigenvalue weighted by Gasteiger charge is 2.14. The first-order valence-corrected chi connectivity index (χ1v) is 7.97. The maximum absolute atomic E-state index is 12.2. The van der Waals surface area contributed by atoms with Crippen LogP contribution in [0.2, 0.25) is 0 Å². The Morgan fingerprint density at radius 3 is 2.43 bits per heavy atom. The molecule has 0 aliphatic carbocycles. The van der Waals surface area contributed by atoms with Crippen LogP contribution in [0.5, 0.6) is 0 Å². The third-order valence-corrected chi connectivity index (χ3v) is 4.81. The van der Waals surface area contributed by atoms with Crippen molar-refractivity contribution in [1.29, 1.82) is 5.26 Å². The minimum Gasteiger partial charge on any atom is -0.314 e. The number of pyridine rings is 1. The van der Waals surface area contributed by atoms with Crippen LogP contribution in [0.4, 0.5) is 0 Å². The van der Waals surface area contributed by atoms with E-state index < -0.39 is 9.84 Å². The number of aryl methyl sites for hydroxylation is 2. The lowest BCUT2D eigenvalue weighted by Gasteiger charge is -2.07. The Kier molecular flexibility index (Phi) is 4.24. The Labute approximate surface area is 123 Å². The molecule has 2 rings (SSSR count). The maximum atomic E-state index is 12.2. The Balaban J connectivity index is 2.17. The van der Waals surface area contributed by atoms with Crippen LogP contribution in [0, 0.1) is 18.3 Å². The van der Waals surface area contributed by atoms with Gasteiger partial charge in [-0.05, 0) is 42.8 Å². The van der Waals surface area contributed by atoms with E-state index in [2.05, 4.69) is 0 Å². The predicted molar refractivity (Wildman–Crippen MR) is 78.6 cm³/mol. The van der Waals surface area contributed by atoms with Crippen LogP contribution in [0.1, 0.15) is 11.1 Å². The molecule has 0 aliphatic heterocycles. The Morgan fingerprint density at radius 2 is 1.86 bits per heavy atom. The number of rotatable bonds is 4. The molecule has 0 spiro atoms.